The molecule has 0 saturated heterocycles. The van der Waals surface area contributed by atoms with Gasteiger partial charge >= 0.3 is 0 Å². The Hall–Kier alpha value is -1.02. The smallest absolute Gasteiger partial charge is 0.125 e. The minimum Gasteiger partial charge on any atom is -0.493 e. The molecule has 2 heteroatoms. The Kier molecular flexibility index (Phi) is 3.27. The van der Waals surface area contributed by atoms with E-state index in [0.717, 1.165) is 38.0 Å². The van der Waals surface area contributed by atoms with Crippen LogP contribution in [-0.2, 0) is 12.8 Å². The summed E-state index contributed by atoms with van der Waals surface area (Å²) in [6, 6.07) is 6.32. The highest BCUT2D eigenvalue weighted by Crippen LogP contribution is 2.30. The van der Waals surface area contributed by atoms with Crippen molar-refractivity contribution in [2.24, 2.45) is 0 Å². The van der Waals surface area contributed by atoms with Crippen LogP contribution in [0.15, 0.2) is 18.2 Å². The zero-order chi connectivity index (χ0) is 10.7. The van der Waals surface area contributed by atoms with Crippen LogP contribution in [0.25, 0.3) is 0 Å². The normalized spacial score (nSPS) is 15.9. The molecule has 1 N–H and O–H groups in total. The highest BCUT2D eigenvalue weighted by atomic mass is 16.5. The Morgan fingerprint density at radius 3 is 3.13 bits per heavy atom. The van der Waals surface area contributed by atoms with Gasteiger partial charge in [0.1, 0.15) is 5.75 Å². The standard InChI is InChI=1S/C13H18O2/c1-2-12(14)7-6-10-4-3-5-11-8-9-15-13(10)11/h3-5,12,14H,2,6-9H2,1H3. The van der Waals surface area contributed by atoms with Crippen LogP contribution >= 0.6 is 0 Å². The molecule has 0 spiro atoms. The number of hydrogen-bond donors (Lipinski definition) is 1. The predicted molar refractivity (Wildman–Crippen MR) is 60.3 cm³/mol. The number of aryl methyl sites for hydroxylation is 1. The van der Waals surface area contributed by atoms with Gasteiger partial charge in [-0.15, -0.1) is 0 Å². The summed E-state index contributed by atoms with van der Waals surface area (Å²) in [5.41, 5.74) is 2.57. The van der Waals surface area contributed by atoms with Crippen molar-refractivity contribution in [2.45, 2.75) is 38.7 Å². The van der Waals surface area contributed by atoms with E-state index in [4.69, 9.17) is 4.74 Å². The van der Waals surface area contributed by atoms with E-state index in [2.05, 4.69) is 18.2 Å². The quantitative estimate of drug-likeness (QED) is 0.819. The molecule has 1 aromatic carbocycles. The number of benzene rings is 1. The van der Waals surface area contributed by atoms with Crippen LogP contribution in [0.2, 0.25) is 0 Å². The topological polar surface area (TPSA) is 29.5 Å². The number of aliphatic hydroxyl groups is 1. The van der Waals surface area contributed by atoms with Crippen LogP contribution in [0.1, 0.15) is 30.9 Å². The second-order valence-electron chi connectivity index (χ2n) is 4.10. The summed E-state index contributed by atoms with van der Waals surface area (Å²) in [4.78, 5) is 0. The molecule has 0 radical (unpaired) electrons. The zero-order valence-electron chi connectivity index (χ0n) is 9.20. The Morgan fingerprint density at radius 1 is 1.47 bits per heavy atom. The number of fused-ring (bicyclic) bond motifs is 1. The molecular weight excluding hydrogens is 188 g/mol. The number of rotatable bonds is 4. The van der Waals surface area contributed by atoms with Crippen molar-refractivity contribution in [2.75, 3.05) is 6.61 Å². The molecule has 1 aliphatic rings. The van der Waals surface area contributed by atoms with Gasteiger partial charge in [0, 0.05) is 6.42 Å². The Morgan fingerprint density at radius 2 is 2.33 bits per heavy atom. The lowest BCUT2D eigenvalue weighted by molar-refractivity contribution is 0.160. The van der Waals surface area contributed by atoms with Crippen LogP contribution < -0.4 is 4.74 Å². The van der Waals surface area contributed by atoms with E-state index in [1.54, 1.807) is 0 Å². The predicted octanol–water partition coefficient (Wildman–Crippen LogP) is 2.33. The number of aliphatic hydroxyl groups excluding tert-OH is 1. The van der Waals surface area contributed by atoms with E-state index in [1.165, 1.54) is 11.1 Å². The van der Waals surface area contributed by atoms with Crippen molar-refractivity contribution in [3.8, 4) is 5.75 Å². The van der Waals surface area contributed by atoms with Gasteiger partial charge in [0.25, 0.3) is 0 Å². The van der Waals surface area contributed by atoms with Crippen LogP contribution in [0.5, 0.6) is 5.75 Å². The first-order valence-corrected chi connectivity index (χ1v) is 5.73. The maximum atomic E-state index is 9.53. The fourth-order valence-corrected chi connectivity index (χ4v) is 2.01. The number of para-hydroxylation sites is 1. The second-order valence-corrected chi connectivity index (χ2v) is 4.10. The van der Waals surface area contributed by atoms with Gasteiger partial charge in [-0.2, -0.15) is 0 Å². The van der Waals surface area contributed by atoms with E-state index in [-0.39, 0.29) is 6.10 Å². The van der Waals surface area contributed by atoms with E-state index in [0.29, 0.717) is 0 Å². The molecule has 82 valence electrons. The van der Waals surface area contributed by atoms with Gasteiger partial charge in [-0.05, 0) is 30.4 Å². The van der Waals surface area contributed by atoms with Crippen LogP contribution in [0, 0.1) is 0 Å². The summed E-state index contributed by atoms with van der Waals surface area (Å²) in [5.74, 6) is 1.07. The molecule has 1 heterocycles. The molecule has 2 rings (SSSR count). The molecule has 0 fully saturated rings. The Balaban J connectivity index is 2.06. The summed E-state index contributed by atoms with van der Waals surface area (Å²) in [7, 11) is 0. The van der Waals surface area contributed by atoms with Crippen molar-refractivity contribution in [3.63, 3.8) is 0 Å². The molecule has 0 saturated carbocycles. The molecule has 0 amide bonds. The summed E-state index contributed by atoms with van der Waals surface area (Å²) >= 11 is 0. The summed E-state index contributed by atoms with van der Waals surface area (Å²) in [5, 5.41) is 9.53. The number of hydrogen-bond acceptors (Lipinski definition) is 2. The van der Waals surface area contributed by atoms with Crippen molar-refractivity contribution in [1.82, 2.24) is 0 Å². The summed E-state index contributed by atoms with van der Waals surface area (Å²) in [6.07, 6.45) is 3.42. The molecule has 15 heavy (non-hydrogen) atoms. The first-order chi connectivity index (χ1) is 7.31. The lowest BCUT2D eigenvalue weighted by atomic mass is 10.0. The van der Waals surface area contributed by atoms with Crippen molar-refractivity contribution >= 4 is 0 Å². The lowest BCUT2D eigenvalue weighted by Crippen LogP contribution is -2.06. The van der Waals surface area contributed by atoms with E-state index in [9.17, 15) is 5.11 Å². The Labute approximate surface area is 90.9 Å². The van der Waals surface area contributed by atoms with Crippen molar-refractivity contribution in [3.05, 3.63) is 29.3 Å². The van der Waals surface area contributed by atoms with Crippen LogP contribution in [0.4, 0.5) is 0 Å². The minimum atomic E-state index is -0.178. The van der Waals surface area contributed by atoms with Crippen molar-refractivity contribution in [1.29, 1.82) is 0 Å². The van der Waals surface area contributed by atoms with Crippen molar-refractivity contribution < 1.29 is 9.84 Å². The maximum absolute atomic E-state index is 9.53. The first-order valence-electron chi connectivity index (χ1n) is 5.73. The van der Waals surface area contributed by atoms with E-state index >= 15 is 0 Å². The molecule has 0 bridgehead atoms. The first kappa shape index (κ1) is 10.5. The fourth-order valence-electron chi connectivity index (χ4n) is 2.01. The monoisotopic (exact) mass is 206 g/mol. The average molecular weight is 206 g/mol. The SMILES string of the molecule is CCC(O)CCc1cccc2c1OCC2. The molecule has 2 nitrogen and oxygen atoms in total. The molecule has 1 aliphatic heterocycles. The summed E-state index contributed by atoms with van der Waals surface area (Å²) in [6.45, 7) is 2.82. The van der Waals surface area contributed by atoms with Crippen LogP contribution in [-0.4, -0.2) is 17.8 Å². The highest BCUT2D eigenvalue weighted by molar-refractivity contribution is 5.44. The maximum Gasteiger partial charge on any atom is 0.125 e. The minimum absolute atomic E-state index is 0.178. The van der Waals surface area contributed by atoms with Gasteiger partial charge in [0.05, 0.1) is 12.7 Å². The molecule has 0 aliphatic carbocycles. The third-order valence-corrected chi connectivity index (χ3v) is 3.01. The largest absolute Gasteiger partial charge is 0.493 e. The van der Waals surface area contributed by atoms with Gasteiger partial charge in [0.15, 0.2) is 0 Å². The van der Waals surface area contributed by atoms with Gasteiger partial charge in [-0.1, -0.05) is 25.1 Å². The molecule has 1 unspecified atom stereocenters. The van der Waals surface area contributed by atoms with E-state index < -0.39 is 0 Å². The lowest BCUT2D eigenvalue weighted by Gasteiger charge is -2.10. The van der Waals surface area contributed by atoms with Gasteiger partial charge in [-0.3, -0.25) is 0 Å². The molecule has 0 aromatic heterocycles. The zero-order valence-corrected chi connectivity index (χ0v) is 9.20. The van der Waals surface area contributed by atoms with E-state index in [1.807, 2.05) is 6.92 Å². The van der Waals surface area contributed by atoms with Crippen LogP contribution in [0.3, 0.4) is 0 Å². The number of ether oxygens (including phenoxy) is 1. The third-order valence-electron chi connectivity index (χ3n) is 3.01. The molecule has 1 atom stereocenters. The fraction of sp³-hybridized carbons (Fsp3) is 0.538. The Bertz CT molecular complexity index is 333. The van der Waals surface area contributed by atoms with Gasteiger partial charge < -0.3 is 9.84 Å². The summed E-state index contributed by atoms with van der Waals surface area (Å²) < 4.78 is 5.61. The second kappa shape index (κ2) is 4.67. The van der Waals surface area contributed by atoms with Gasteiger partial charge in [0.2, 0.25) is 0 Å². The molecular formula is C13H18O2. The van der Waals surface area contributed by atoms with Gasteiger partial charge in [-0.25, -0.2) is 0 Å². The molecule has 1 aromatic rings. The average Bonchev–Trinajstić information content (AvgIpc) is 2.74. The third kappa shape index (κ3) is 2.32. The highest BCUT2D eigenvalue weighted by Gasteiger charge is 2.15.